The first kappa shape index (κ1) is 10.4. The van der Waals surface area contributed by atoms with Crippen LogP contribution in [0.3, 0.4) is 0 Å². The van der Waals surface area contributed by atoms with E-state index in [1.807, 2.05) is 6.92 Å². The number of halogens is 2. The molecule has 0 rings (SSSR count). The summed E-state index contributed by atoms with van der Waals surface area (Å²) in [5.74, 6) is 0.836. The average molecular weight is 197 g/mol. The smallest absolute Gasteiger partial charge is 0.0880 e. The third-order valence-corrected chi connectivity index (χ3v) is 2.92. The lowest BCUT2D eigenvalue weighted by Crippen LogP contribution is -1.77. The molecule has 0 aromatic carbocycles. The fourth-order valence-corrected chi connectivity index (χ4v) is 1.19. The van der Waals surface area contributed by atoms with Gasteiger partial charge in [0.25, 0.3) is 0 Å². The Morgan fingerprint density at radius 3 is 2.20 bits per heavy atom. The van der Waals surface area contributed by atoms with E-state index in [0.29, 0.717) is 9.40 Å². The molecular weight excluding hydrogens is 187 g/mol. The maximum atomic E-state index is 5.73. The van der Waals surface area contributed by atoms with Crippen LogP contribution in [0.1, 0.15) is 13.8 Å². The van der Waals surface area contributed by atoms with Gasteiger partial charge in [-0.15, -0.1) is 11.8 Å². The Bertz CT molecular complexity index is 157. The van der Waals surface area contributed by atoms with Crippen LogP contribution < -0.4 is 0 Å². The van der Waals surface area contributed by atoms with Crippen molar-refractivity contribution in [1.82, 2.24) is 0 Å². The van der Waals surface area contributed by atoms with Crippen molar-refractivity contribution in [2.75, 3.05) is 5.75 Å². The van der Waals surface area contributed by atoms with Crippen LogP contribution in [0.15, 0.2) is 21.5 Å². The number of thioether (sulfide) groups is 1. The summed E-state index contributed by atoms with van der Waals surface area (Å²) in [5.41, 5.74) is 1.10. The maximum Gasteiger partial charge on any atom is 0.0880 e. The van der Waals surface area contributed by atoms with E-state index in [4.69, 9.17) is 23.2 Å². The van der Waals surface area contributed by atoms with Crippen LogP contribution in [-0.4, -0.2) is 5.75 Å². The molecule has 0 N–H and O–H groups in total. The van der Waals surface area contributed by atoms with E-state index in [2.05, 4.69) is 6.58 Å². The van der Waals surface area contributed by atoms with Crippen molar-refractivity contribution in [3.05, 3.63) is 21.5 Å². The number of allylic oxidation sites excluding steroid dienone is 1. The van der Waals surface area contributed by atoms with Gasteiger partial charge in [0.15, 0.2) is 0 Å². The van der Waals surface area contributed by atoms with Gasteiger partial charge in [-0.25, -0.2) is 0 Å². The van der Waals surface area contributed by atoms with Crippen molar-refractivity contribution in [1.29, 1.82) is 0 Å². The zero-order chi connectivity index (χ0) is 8.15. The van der Waals surface area contributed by atoms with Crippen LogP contribution in [0, 0.1) is 0 Å². The predicted molar refractivity (Wildman–Crippen MR) is 51.7 cm³/mol. The van der Waals surface area contributed by atoms with E-state index >= 15 is 0 Å². The molecule has 58 valence electrons. The van der Waals surface area contributed by atoms with Crippen LogP contribution in [0.2, 0.25) is 0 Å². The van der Waals surface area contributed by atoms with Crippen molar-refractivity contribution >= 4 is 35.0 Å². The van der Waals surface area contributed by atoms with Crippen molar-refractivity contribution < 1.29 is 0 Å². The minimum Gasteiger partial charge on any atom is -0.108 e. The molecule has 0 saturated heterocycles. The lowest BCUT2D eigenvalue weighted by atomic mass is 10.4. The molecule has 0 aliphatic heterocycles. The molecule has 0 amide bonds. The third-order valence-electron chi connectivity index (χ3n) is 0.716. The summed E-state index contributed by atoms with van der Waals surface area (Å²) in [5, 5.41) is 0.646. The van der Waals surface area contributed by atoms with Gasteiger partial charge in [0.1, 0.15) is 0 Å². The Hall–Kier alpha value is 0.410. The molecule has 0 aliphatic carbocycles. The molecule has 10 heavy (non-hydrogen) atoms. The summed E-state index contributed by atoms with van der Waals surface area (Å²) in [6.45, 7) is 7.47. The SMILES string of the molecule is C=C(C)CS/C(Cl)=C(\C)Cl. The molecule has 0 fully saturated rings. The summed E-state index contributed by atoms with van der Waals surface area (Å²) < 4.78 is 0.657. The van der Waals surface area contributed by atoms with Crippen molar-refractivity contribution in [2.45, 2.75) is 13.8 Å². The fourth-order valence-electron chi connectivity index (χ4n) is 0.286. The van der Waals surface area contributed by atoms with Crippen LogP contribution in [0.25, 0.3) is 0 Å². The highest BCUT2D eigenvalue weighted by atomic mass is 35.5. The second-order valence-electron chi connectivity index (χ2n) is 2.05. The molecule has 0 unspecified atom stereocenters. The molecule has 0 aliphatic rings. The molecule has 0 aromatic heterocycles. The van der Waals surface area contributed by atoms with E-state index in [1.165, 1.54) is 11.8 Å². The Labute approximate surface area is 76.3 Å². The van der Waals surface area contributed by atoms with Gasteiger partial charge in [-0.05, 0) is 13.8 Å². The predicted octanol–water partition coefficient (Wildman–Crippen LogP) is 3.96. The lowest BCUT2D eigenvalue weighted by Gasteiger charge is -1.98. The Morgan fingerprint density at radius 2 is 1.90 bits per heavy atom. The van der Waals surface area contributed by atoms with Gasteiger partial charge in [-0.1, -0.05) is 35.4 Å². The van der Waals surface area contributed by atoms with Crippen LogP contribution in [0.5, 0.6) is 0 Å². The summed E-state index contributed by atoms with van der Waals surface area (Å²) in [6, 6.07) is 0. The molecule has 0 saturated carbocycles. The monoisotopic (exact) mass is 196 g/mol. The molecule has 0 heterocycles. The molecule has 0 nitrogen and oxygen atoms in total. The van der Waals surface area contributed by atoms with Gasteiger partial charge < -0.3 is 0 Å². The van der Waals surface area contributed by atoms with Gasteiger partial charge in [0.05, 0.1) is 4.36 Å². The summed E-state index contributed by atoms with van der Waals surface area (Å²) in [6.07, 6.45) is 0. The van der Waals surface area contributed by atoms with Crippen LogP contribution in [-0.2, 0) is 0 Å². The minimum absolute atomic E-state index is 0.646. The summed E-state index contributed by atoms with van der Waals surface area (Å²) in [7, 11) is 0. The average Bonchev–Trinajstić information content (AvgIpc) is 1.82. The molecule has 0 radical (unpaired) electrons. The highest BCUT2D eigenvalue weighted by Gasteiger charge is 1.96. The Kier molecular flexibility index (Phi) is 5.32. The van der Waals surface area contributed by atoms with E-state index in [0.717, 1.165) is 11.3 Å². The van der Waals surface area contributed by atoms with Gasteiger partial charge in [0.2, 0.25) is 0 Å². The molecule has 0 spiro atoms. The quantitative estimate of drug-likeness (QED) is 0.617. The Morgan fingerprint density at radius 1 is 1.40 bits per heavy atom. The van der Waals surface area contributed by atoms with Gasteiger partial charge in [0, 0.05) is 10.8 Å². The topological polar surface area (TPSA) is 0 Å². The minimum atomic E-state index is 0.646. The first-order valence-corrected chi connectivity index (χ1v) is 4.57. The highest BCUT2D eigenvalue weighted by Crippen LogP contribution is 2.26. The lowest BCUT2D eigenvalue weighted by molar-refractivity contribution is 1.44. The Balaban J connectivity index is 3.71. The van der Waals surface area contributed by atoms with Crippen molar-refractivity contribution in [2.24, 2.45) is 0 Å². The zero-order valence-electron chi connectivity index (χ0n) is 6.08. The van der Waals surface area contributed by atoms with Crippen LogP contribution >= 0.6 is 35.0 Å². The van der Waals surface area contributed by atoms with Crippen LogP contribution in [0.4, 0.5) is 0 Å². The standard InChI is InChI=1S/C7H10Cl2S/c1-5(2)4-10-7(9)6(3)8/h1,4H2,2-3H3/b7-6+. The van der Waals surface area contributed by atoms with E-state index in [1.54, 1.807) is 6.92 Å². The molecule has 0 atom stereocenters. The zero-order valence-corrected chi connectivity index (χ0v) is 8.41. The largest absolute Gasteiger partial charge is 0.108 e. The maximum absolute atomic E-state index is 5.73. The van der Waals surface area contributed by atoms with Gasteiger partial charge in [-0.3, -0.25) is 0 Å². The summed E-state index contributed by atoms with van der Waals surface area (Å²) >= 11 is 12.8. The first-order valence-electron chi connectivity index (χ1n) is 2.83. The van der Waals surface area contributed by atoms with E-state index < -0.39 is 0 Å². The first-order chi connectivity index (χ1) is 4.54. The fraction of sp³-hybridized carbons (Fsp3) is 0.429. The molecular formula is C7H10Cl2S. The number of hydrogen-bond acceptors (Lipinski definition) is 1. The summed E-state index contributed by atoms with van der Waals surface area (Å²) in [4.78, 5) is 0. The number of hydrogen-bond donors (Lipinski definition) is 0. The van der Waals surface area contributed by atoms with E-state index in [-0.39, 0.29) is 0 Å². The molecule has 3 heteroatoms. The van der Waals surface area contributed by atoms with Crippen molar-refractivity contribution in [3.8, 4) is 0 Å². The van der Waals surface area contributed by atoms with Gasteiger partial charge in [-0.2, -0.15) is 0 Å². The van der Waals surface area contributed by atoms with Gasteiger partial charge >= 0.3 is 0 Å². The second-order valence-corrected chi connectivity index (χ2v) is 4.21. The second kappa shape index (κ2) is 5.11. The number of rotatable bonds is 3. The third kappa shape index (κ3) is 5.21. The highest BCUT2D eigenvalue weighted by molar-refractivity contribution is 8.04. The molecule has 0 bridgehead atoms. The molecule has 0 aromatic rings. The normalized spacial score (nSPS) is 12.8. The van der Waals surface area contributed by atoms with E-state index in [9.17, 15) is 0 Å². The van der Waals surface area contributed by atoms with Crippen molar-refractivity contribution in [3.63, 3.8) is 0 Å².